The van der Waals surface area contributed by atoms with Crippen LogP contribution in [0.4, 0.5) is 0 Å². The summed E-state index contributed by atoms with van der Waals surface area (Å²) in [5, 5.41) is 70.1. The molecule has 3 fully saturated rings. The van der Waals surface area contributed by atoms with Crippen LogP contribution in [0, 0.1) is 0 Å². The molecule has 0 spiro atoms. The Morgan fingerprint density at radius 3 is 1.81 bits per heavy atom. The summed E-state index contributed by atoms with van der Waals surface area (Å²) in [6, 6.07) is -2.36. The Balaban J connectivity index is 1.99. The van der Waals surface area contributed by atoms with Crippen molar-refractivity contribution < 1.29 is 116 Å². The minimum absolute atomic E-state index is 0.889. The maximum absolute atomic E-state index is 12.2. The number of aliphatic hydroxyl groups excluding tert-OH is 6. The zero-order chi connectivity index (χ0) is 36.5. The van der Waals surface area contributed by atoms with E-state index >= 15 is 0 Å². The molecule has 0 aliphatic carbocycles. The fourth-order valence-corrected chi connectivity index (χ4v) is 6.56. The van der Waals surface area contributed by atoms with Crippen LogP contribution in [-0.2, 0) is 72.7 Å². The van der Waals surface area contributed by atoms with Gasteiger partial charge in [-0.1, -0.05) is 0 Å². The molecule has 3 aliphatic heterocycles. The smallest absolute Gasteiger partial charge is 0.397 e. The minimum atomic E-state index is -5.59. The topological polar surface area (TPSA) is 408 Å². The number of aliphatic hydroxyl groups is 6. The molecule has 0 aromatic carbocycles. The lowest BCUT2D eigenvalue weighted by molar-refractivity contribution is -0.345. The Kier molecular flexibility index (Phi) is 13.6. The quantitative estimate of drug-likeness (QED) is 0.0730. The average Bonchev–Trinajstić information content (AvgIpc) is 2.94. The van der Waals surface area contributed by atoms with E-state index in [4.69, 9.17) is 28.4 Å². The molecule has 15 atom stereocenters. The van der Waals surface area contributed by atoms with Crippen molar-refractivity contribution in [3.05, 3.63) is 0 Å². The second-order valence-electron chi connectivity index (χ2n) is 10.2. The molecule has 0 aromatic rings. The van der Waals surface area contributed by atoms with Gasteiger partial charge in [0.25, 0.3) is 0 Å². The lowest BCUT2D eigenvalue weighted by Crippen LogP contribution is -2.69. The summed E-state index contributed by atoms with van der Waals surface area (Å²) in [6.07, 6.45) is -30.6. The Morgan fingerprint density at radius 1 is 0.729 bits per heavy atom. The number of carboxylic acid groups (broad SMARTS) is 1. The minimum Gasteiger partial charge on any atom is -0.479 e. The Bertz CT molecular complexity index is 1430. The third-order valence-corrected chi connectivity index (χ3v) is 8.52. The summed E-state index contributed by atoms with van der Waals surface area (Å²) in [5.74, 6) is -2.03. The van der Waals surface area contributed by atoms with Crippen LogP contribution in [0.15, 0.2) is 0 Å². The van der Waals surface area contributed by atoms with Gasteiger partial charge >= 0.3 is 37.1 Å². The van der Waals surface area contributed by atoms with Crippen LogP contribution in [0.25, 0.3) is 0 Å². The van der Waals surface area contributed by atoms with Crippen molar-refractivity contribution >= 4 is 37.1 Å². The molecule has 0 bridgehead atoms. The highest BCUT2D eigenvalue weighted by atomic mass is 32.3. The highest BCUT2D eigenvalue weighted by molar-refractivity contribution is 7.83. The molecular formula is C19H33NO25S3. The summed E-state index contributed by atoms with van der Waals surface area (Å²) in [4.78, 5) is 12.2. The van der Waals surface area contributed by atoms with Gasteiger partial charge in [-0.05, 0) is 0 Å². The van der Waals surface area contributed by atoms with E-state index in [9.17, 15) is 79.5 Å². The molecule has 3 heterocycles. The van der Waals surface area contributed by atoms with Crippen molar-refractivity contribution in [2.45, 2.75) is 92.1 Å². The van der Waals surface area contributed by atoms with Crippen molar-refractivity contribution in [2.24, 2.45) is 0 Å². The number of hydrogen-bond donors (Lipinski definition) is 11. The van der Waals surface area contributed by atoms with E-state index in [1.165, 1.54) is 4.72 Å². The summed E-state index contributed by atoms with van der Waals surface area (Å²) in [7, 11) is -15.6. The number of carboxylic acids is 1. The average molecular weight is 772 g/mol. The Morgan fingerprint density at radius 2 is 1.31 bits per heavy atom. The number of hydrogen-bond acceptors (Lipinski definition) is 21. The second-order valence-corrected chi connectivity index (χ2v) is 13.5. The van der Waals surface area contributed by atoms with Crippen molar-refractivity contribution in [1.29, 1.82) is 0 Å². The third-order valence-electron chi connectivity index (χ3n) is 7.02. The highest BCUT2D eigenvalue weighted by Gasteiger charge is 2.57. The Hall–Kier alpha value is -1.40. The first kappa shape index (κ1) is 41.0. The first-order chi connectivity index (χ1) is 22.0. The van der Waals surface area contributed by atoms with Crippen LogP contribution in [0.3, 0.4) is 0 Å². The van der Waals surface area contributed by atoms with Crippen LogP contribution in [0.2, 0.25) is 0 Å². The van der Waals surface area contributed by atoms with E-state index < -0.39 is 142 Å². The SMILES string of the molecule is CO[C@H]1[C@H](OS(=O)(=O)O)[C@@H](NS(=O)(=O)O)[C@@H](O[C@H]2[C@H](O)[C@@H](OS(=O)(=O)O)[C@H](OC[C@H]3OC(O)[C@H](O)[C@@H](O)[C@@H]3O)O[C@H]2C(=O)O)O[C@@H]1CO. The van der Waals surface area contributed by atoms with Gasteiger partial charge in [0.2, 0.25) is 0 Å². The molecule has 48 heavy (non-hydrogen) atoms. The van der Waals surface area contributed by atoms with E-state index in [0.29, 0.717) is 0 Å². The highest BCUT2D eigenvalue weighted by Crippen LogP contribution is 2.34. The molecule has 0 radical (unpaired) electrons. The van der Waals surface area contributed by atoms with Crippen LogP contribution in [0.5, 0.6) is 0 Å². The van der Waals surface area contributed by atoms with Crippen LogP contribution in [-0.4, -0.2) is 193 Å². The molecule has 0 saturated carbocycles. The maximum Gasteiger partial charge on any atom is 0.397 e. The number of ether oxygens (including phenoxy) is 6. The van der Waals surface area contributed by atoms with Gasteiger partial charge in [-0.2, -0.15) is 30.0 Å². The van der Waals surface area contributed by atoms with E-state index in [2.05, 4.69) is 8.37 Å². The standard InChI is InChI=1S/C19H33NO25S3/c1-38-11-4(2-21)41-18(6(20-46(29,30)31)12(11)44-47(32,33)34)42-13-10(25)14(45-48(35,36)37)19(43-15(13)16(26)27)39-3-5-7(22)8(23)9(24)17(28)40-5/h4-15,17-25,28H,2-3H2,1H3,(H,26,27)(H,29,30,31)(H,32,33,34)(H,35,36,37)/t4-,5-,6-,7-,8+,9-,10+,11-,12-,13+,14-,15-,17?,18-,19-/m1/s1. The molecule has 26 nitrogen and oxygen atoms in total. The number of nitrogens with one attached hydrogen (secondary N) is 1. The molecule has 3 rings (SSSR count). The van der Waals surface area contributed by atoms with E-state index in [1.807, 2.05) is 0 Å². The predicted molar refractivity (Wildman–Crippen MR) is 140 cm³/mol. The van der Waals surface area contributed by atoms with Gasteiger partial charge in [-0.3, -0.25) is 13.7 Å². The van der Waals surface area contributed by atoms with Crippen molar-refractivity contribution in [3.8, 4) is 0 Å². The van der Waals surface area contributed by atoms with E-state index in [1.54, 1.807) is 0 Å². The van der Waals surface area contributed by atoms with Gasteiger partial charge < -0.3 is 64.2 Å². The molecule has 0 amide bonds. The van der Waals surface area contributed by atoms with Crippen molar-refractivity contribution in [3.63, 3.8) is 0 Å². The van der Waals surface area contributed by atoms with Gasteiger partial charge in [-0.15, -0.1) is 0 Å². The fraction of sp³-hybridized carbons (Fsp3) is 0.947. The molecule has 29 heteroatoms. The van der Waals surface area contributed by atoms with Gasteiger partial charge in [-0.25, -0.2) is 13.2 Å². The largest absolute Gasteiger partial charge is 0.479 e. The van der Waals surface area contributed by atoms with Crippen molar-refractivity contribution in [2.75, 3.05) is 20.3 Å². The van der Waals surface area contributed by atoms with Crippen LogP contribution in [0.1, 0.15) is 0 Å². The van der Waals surface area contributed by atoms with Gasteiger partial charge in [0.15, 0.2) is 31.1 Å². The third kappa shape index (κ3) is 10.3. The molecule has 11 N–H and O–H groups in total. The monoisotopic (exact) mass is 771 g/mol. The van der Waals surface area contributed by atoms with Gasteiger partial charge in [0, 0.05) is 7.11 Å². The zero-order valence-electron chi connectivity index (χ0n) is 23.9. The first-order valence-corrected chi connectivity index (χ1v) is 17.2. The van der Waals surface area contributed by atoms with Gasteiger partial charge in [0.1, 0.15) is 61.0 Å². The lowest BCUT2D eigenvalue weighted by atomic mass is 9.95. The number of methoxy groups -OCH3 is 1. The molecule has 0 aromatic heterocycles. The number of rotatable bonds is 14. The summed E-state index contributed by atoms with van der Waals surface area (Å²) in [5.41, 5.74) is 0. The number of carbonyl (C=O) groups is 1. The zero-order valence-corrected chi connectivity index (χ0v) is 26.3. The summed E-state index contributed by atoms with van der Waals surface area (Å²) in [6.45, 7) is -2.10. The molecule has 3 aliphatic rings. The van der Waals surface area contributed by atoms with Crippen LogP contribution >= 0.6 is 0 Å². The molecule has 3 saturated heterocycles. The van der Waals surface area contributed by atoms with E-state index in [0.717, 1.165) is 7.11 Å². The summed E-state index contributed by atoms with van der Waals surface area (Å²) < 4.78 is 139. The summed E-state index contributed by atoms with van der Waals surface area (Å²) >= 11 is 0. The molecule has 1 unspecified atom stereocenters. The fourth-order valence-electron chi connectivity index (χ4n) is 4.97. The number of aliphatic carboxylic acids is 1. The first-order valence-electron chi connectivity index (χ1n) is 13.0. The lowest BCUT2D eigenvalue weighted by Gasteiger charge is -2.47. The van der Waals surface area contributed by atoms with Crippen molar-refractivity contribution in [1.82, 2.24) is 4.72 Å². The Labute approximate surface area is 270 Å². The molecular weight excluding hydrogens is 738 g/mol. The van der Waals surface area contributed by atoms with Gasteiger partial charge in [0.05, 0.1) is 13.2 Å². The normalized spacial score (nSPS) is 41.6. The van der Waals surface area contributed by atoms with E-state index in [-0.39, 0.29) is 0 Å². The van der Waals surface area contributed by atoms with Crippen LogP contribution < -0.4 is 4.72 Å². The molecule has 282 valence electrons. The predicted octanol–water partition coefficient (Wildman–Crippen LogP) is -7.77. The maximum atomic E-state index is 12.2. The second kappa shape index (κ2) is 15.9.